The summed E-state index contributed by atoms with van der Waals surface area (Å²) in [6.07, 6.45) is 6.19. The minimum Gasteiger partial charge on any atom is -0.478 e. The van der Waals surface area contributed by atoms with Crippen LogP contribution in [0.3, 0.4) is 0 Å². The van der Waals surface area contributed by atoms with Crippen molar-refractivity contribution in [2.45, 2.75) is 20.0 Å². The Labute approximate surface area is 110 Å². The molecule has 0 spiro atoms. The molecule has 0 aliphatic rings. The van der Waals surface area contributed by atoms with Gasteiger partial charge >= 0.3 is 5.97 Å². The van der Waals surface area contributed by atoms with Crippen molar-refractivity contribution in [2.24, 2.45) is 0 Å². The van der Waals surface area contributed by atoms with E-state index in [1.807, 2.05) is 13.0 Å². The normalized spacial score (nSPS) is 10.4. The largest absolute Gasteiger partial charge is 0.478 e. The van der Waals surface area contributed by atoms with Crippen LogP contribution < -0.4 is 5.32 Å². The number of nitrogens with one attached hydrogen (secondary N) is 1. The maximum absolute atomic E-state index is 11.0. The van der Waals surface area contributed by atoms with E-state index in [0.29, 0.717) is 18.8 Å². The first-order valence-corrected chi connectivity index (χ1v) is 5.81. The van der Waals surface area contributed by atoms with Gasteiger partial charge in [0.15, 0.2) is 0 Å². The Bertz CT molecular complexity index is 586. The van der Waals surface area contributed by atoms with Crippen LogP contribution in [0.4, 0.5) is 0 Å². The summed E-state index contributed by atoms with van der Waals surface area (Å²) in [7, 11) is 0. The molecule has 0 aliphatic carbocycles. The second kappa shape index (κ2) is 6.01. The zero-order valence-corrected chi connectivity index (χ0v) is 10.5. The number of aryl methyl sites for hydroxylation is 1. The van der Waals surface area contributed by atoms with Crippen molar-refractivity contribution < 1.29 is 9.90 Å². The minimum atomic E-state index is -1.02. The van der Waals surface area contributed by atoms with Crippen LogP contribution in [-0.4, -0.2) is 26.0 Å². The molecule has 0 saturated carbocycles. The summed E-state index contributed by atoms with van der Waals surface area (Å²) in [5, 5.41) is 12.2. The molecule has 0 fully saturated rings. The van der Waals surface area contributed by atoms with Gasteiger partial charge in [0.05, 0.1) is 5.69 Å². The summed E-state index contributed by atoms with van der Waals surface area (Å²) < 4.78 is 0. The molecular weight excluding hydrogens is 244 g/mol. The molecule has 2 aromatic heterocycles. The highest BCUT2D eigenvalue weighted by Gasteiger charge is 2.10. The van der Waals surface area contributed by atoms with E-state index >= 15 is 0 Å². The molecule has 0 amide bonds. The van der Waals surface area contributed by atoms with Crippen molar-refractivity contribution in [3.05, 3.63) is 53.4 Å². The van der Waals surface area contributed by atoms with Crippen LogP contribution in [0, 0.1) is 6.92 Å². The molecule has 6 nitrogen and oxygen atoms in total. The Kier molecular flexibility index (Phi) is 4.15. The highest BCUT2D eigenvalue weighted by molar-refractivity contribution is 5.88. The molecule has 0 unspecified atom stereocenters. The van der Waals surface area contributed by atoms with Crippen LogP contribution in [0.5, 0.6) is 0 Å². The van der Waals surface area contributed by atoms with Gasteiger partial charge in [-0.2, -0.15) is 0 Å². The number of hydrogen-bond donors (Lipinski definition) is 2. The minimum absolute atomic E-state index is 0.123. The van der Waals surface area contributed by atoms with E-state index in [1.165, 1.54) is 12.5 Å². The van der Waals surface area contributed by atoms with Crippen molar-refractivity contribution in [2.75, 3.05) is 0 Å². The summed E-state index contributed by atoms with van der Waals surface area (Å²) >= 11 is 0. The van der Waals surface area contributed by atoms with Crippen molar-refractivity contribution in [3.63, 3.8) is 0 Å². The summed E-state index contributed by atoms with van der Waals surface area (Å²) in [6.45, 7) is 2.99. The molecule has 0 aliphatic heterocycles. The number of aromatic carboxylic acids is 1. The predicted molar refractivity (Wildman–Crippen MR) is 68.5 cm³/mol. The van der Waals surface area contributed by atoms with Gasteiger partial charge in [-0.1, -0.05) is 0 Å². The van der Waals surface area contributed by atoms with Gasteiger partial charge in [0, 0.05) is 31.7 Å². The second-order valence-corrected chi connectivity index (χ2v) is 4.09. The molecule has 2 rings (SSSR count). The monoisotopic (exact) mass is 258 g/mol. The van der Waals surface area contributed by atoms with E-state index in [-0.39, 0.29) is 5.56 Å². The van der Waals surface area contributed by atoms with E-state index in [4.69, 9.17) is 5.11 Å². The van der Waals surface area contributed by atoms with Gasteiger partial charge in [0.25, 0.3) is 0 Å². The molecule has 98 valence electrons. The standard InChI is InChI=1S/C13H14N4O2/c1-9-2-3-14-4-10(9)5-15-7-12-11(13(18)19)6-16-8-17-12/h2-4,6,8,15H,5,7H2,1H3,(H,18,19). The highest BCUT2D eigenvalue weighted by atomic mass is 16.4. The molecule has 6 heteroatoms. The van der Waals surface area contributed by atoms with Crippen LogP contribution >= 0.6 is 0 Å². The number of rotatable bonds is 5. The van der Waals surface area contributed by atoms with E-state index in [2.05, 4.69) is 20.3 Å². The topological polar surface area (TPSA) is 88.0 Å². The van der Waals surface area contributed by atoms with Gasteiger partial charge in [-0.3, -0.25) is 4.98 Å². The third-order valence-corrected chi connectivity index (χ3v) is 2.78. The Hall–Kier alpha value is -2.34. The Balaban J connectivity index is 2.00. The van der Waals surface area contributed by atoms with E-state index < -0.39 is 5.97 Å². The third-order valence-electron chi connectivity index (χ3n) is 2.78. The summed E-state index contributed by atoms with van der Waals surface area (Å²) in [6, 6.07) is 1.93. The van der Waals surface area contributed by atoms with Crippen LogP contribution in [-0.2, 0) is 13.1 Å². The van der Waals surface area contributed by atoms with Crippen LogP contribution in [0.15, 0.2) is 31.0 Å². The average molecular weight is 258 g/mol. The average Bonchev–Trinajstić information content (AvgIpc) is 2.41. The van der Waals surface area contributed by atoms with Crippen LogP contribution in [0.2, 0.25) is 0 Å². The molecule has 0 radical (unpaired) electrons. The molecule has 2 N–H and O–H groups in total. The van der Waals surface area contributed by atoms with E-state index in [1.54, 1.807) is 12.4 Å². The Morgan fingerprint density at radius 2 is 2.16 bits per heavy atom. The summed E-state index contributed by atoms with van der Waals surface area (Å²) in [5.74, 6) is -1.02. The molecule has 2 heterocycles. The van der Waals surface area contributed by atoms with Gasteiger partial charge in [0.1, 0.15) is 11.9 Å². The van der Waals surface area contributed by atoms with Crippen molar-refractivity contribution >= 4 is 5.97 Å². The lowest BCUT2D eigenvalue weighted by Gasteiger charge is -2.08. The fourth-order valence-electron chi connectivity index (χ4n) is 1.67. The lowest BCUT2D eigenvalue weighted by molar-refractivity contribution is 0.0694. The number of pyridine rings is 1. The Morgan fingerprint density at radius 3 is 2.89 bits per heavy atom. The number of hydrogen-bond acceptors (Lipinski definition) is 5. The molecule has 0 atom stereocenters. The quantitative estimate of drug-likeness (QED) is 0.837. The summed E-state index contributed by atoms with van der Waals surface area (Å²) in [4.78, 5) is 22.7. The van der Waals surface area contributed by atoms with Gasteiger partial charge in [-0.05, 0) is 24.1 Å². The second-order valence-electron chi connectivity index (χ2n) is 4.09. The fourth-order valence-corrected chi connectivity index (χ4v) is 1.67. The van der Waals surface area contributed by atoms with Crippen molar-refractivity contribution in [1.29, 1.82) is 0 Å². The number of nitrogens with zero attached hydrogens (tertiary/aromatic N) is 3. The predicted octanol–water partition coefficient (Wildman–Crippen LogP) is 1.17. The number of carboxylic acids is 1. The van der Waals surface area contributed by atoms with E-state index in [9.17, 15) is 4.79 Å². The lowest BCUT2D eigenvalue weighted by Crippen LogP contribution is -2.17. The third kappa shape index (κ3) is 3.32. The van der Waals surface area contributed by atoms with Gasteiger partial charge in [0.2, 0.25) is 0 Å². The van der Waals surface area contributed by atoms with Gasteiger partial charge in [-0.25, -0.2) is 14.8 Å². The fraction of sp³-hybridized carbons (Fsp3) is 0.231. The molecule has 0 saturated heterocycles. The first-order chi connectivity index (χ1) is 9.18. The molecule has 19 heavy (non-hydrogen) atoms. The smallest absolute Gasteiger partial charge is 0.339 e. The molecule has 0 bridgehead atoms. The number of carbonyl (C=O) groups is 1. The SMILES string of the molecule is Cc1ccncc1CNCc1ncncc1C(=O)O. The number of aromatic nitrogens is 3. The molecular formula is C13H14N4O2. The molecule has 0 aromatic carbocycles. The highest BCUT2D eigenvalue weighted by Crippen LogP contribution is 2.06. The van der Waals surface area contributed by atoms with Gasteiger partial charge in [-0.15, -0.1) is 0 Å². The molecule has 2 aromatic rings. The van der Waals surface area contributed by atoms with Crippen LogP contribution in [0.25, 0.3) is 0 Å². The first-order valence-electron chi connectivity index (χ1n) is 5.81. The number of carboxylic acid groups (broad SMARTS) is 1. The Morgan fingerprint density at radius 1 is 1.32 bits per heavy atom. The zero-order valence-electron chi connectivity index (χ0n) is 10.5. The van der Waals surface area contributed by atoms with Gasteiger partial charge < -0.3 is 10.4 Å². The van der Waals surface area contributed by atoms with Crippen LogP contribution in [0.1, 0.15) is 27.2 Å². The zero-order chi connectivity index (χ0) is 13.7. The summed E-state index contributed by atoms with van der Waals surface area (Å²) in [5.41, 5.74) is 2.82. The van der Waals surface area contributed by atoms with Crippen molar-refractivity contribution in [3.8, 4) is 0 Å². The van der Waals surface area contributed by atoms with Crippen molar-refractivity contribution in [1.82, 2.24) is 20.3 Å². The van der Waals surface area contributed by atoms with E-state index in [0.717, 1.165) is 11.1 Å². The maximum atomic E-state index is 11.0. The maximum Gasteiger partial charge on any atom is 0.339 e. The lowest BCUT2D eigenvalue weighted by atomic mass is 10.1. The first kappa shape index (κ1) is 13.1.